The summed E-state index contributed by atoms with van der Waals surface area (Å²) in [5, 5.41) is 5.21. The van der Waals surface area contributed by atoms with Gasteiger partial charge in [-0.25, -0.2) is 4.39 Å². The molecule has 1 spiro atoms. The Morgan fingerprint density at radius 1 is 1.11 bits per heavy atom. The number of methoxy groups -OCH3 is 1. The van der Waals surface area contributed by atoms with Gasteiger partial charge in [-0.3, -0.25) is 4.98 Å². The minimum Gasteiger partial charge on any atom is -0.497 e. The molecule has 27 heavy (non-hydrogen) atoms. The summed E-state index contributed by atoms with van der Waals surface area (Å²) in [5.41, 5.74) is 4.34. The number of ether oxygens (including phenoxy) is 1. The van der Waals surface area contributed by atoms with E-state index in [-0.39, 0.29) is 5.82 Å². The van der Waals surface area contributed by atoms with Crippen LogP contribution in [-0.2, 0) is 16.9 Å². The van der Waals surface area contributed by atoms with E-state index in [0.29, 0.717) is 6.42 Å². The zero-order chi connectivity index (χ0) is 18.4. The number of fused-ring (bicyclic) bond motifs is 3. The molecule has 2 aromatic carbocycles. The third kappa shape index (κ3) is 2.65. The standard InChI is InChI=1S/C22H19FN2O2/c1-26-17-7-4-14(5-8-17)21-13-22(27-25-21)10-2-3-20-18(22)12-15-11-16(23)6-9-19(15)24-20/h4-9,11-12H,2-3,10,13H2,1H3/t22-/m0/s1. The molecule has 3 aromatic rings. The van der Waals surface area contributed by atoms with Crippen molar-refractivity contribution in [2.75, 3.05) is 7.11 Å². The molecule has 136 valence electrons. The second-order valence-corrected chi connectivity index (χ2v) is 7.20. The van der Waals surface area contributed by atoms with Crippen LogP contribution in [0.5, 0.6) is 5.75 Å². The number of pyridine rings is 1. The fraction of sp³-hybridized carbons (Fsp3) is 0.273. The van der Waals surface area contributed by atoms with Crippen molar-refractivity contribution in [1.82, 2.24) is 4.98 Å². The predicted octanol–water partition coefficient (Wildman–Crippen LogP) is 4.74. The van der Waals surface area contributed by atoms with Crippen LogP contribution in [0.1, 0.15) is 36.1 Å². The van der Waals surface area contributed by atoms with E-state index >= 15 is 0 Å². The van der Waals surface area contributed by atoms with Crippen molar-refractivity contribution in [2.24, 2.45) is 5.16 Å². The molecule has 5 heteroatoms. The Kier molecular flexibility index (Phi) is 3.64. The van der Waals surface area contributed by atoms with Crippen LogP contribution in [-0.4, -0.2) is 17.8 Å². The van der Waals surface area contributed by atoms with E-state index in [1.54, 1.807) is 13.2 Å². The van der Waals surface area contributed by atoms with Crippen molar-refractivity contribution in [3.8, 4) is 5.75 Å². The van der Waals surface area contributed by atoms with Gasteiger partial charge in [0.1, 0.15) is 11.6 Å². The van der Waals surface area contributed by atoms with E-state index in [2.05, 4.69) is 5.16 Å². The van der Waals surface area contributed by atoms with E-state index in [1.807, 2.05) is 30.3 Å². The maximum atomic E-state index is 13.7. The summed E-state index contributed by atoms with van der Waals surface area (Å²) in [5.74, 6) is 0.560. The van der Waals surface area contributed by atoms with Crippen LogP contribution in [0.25, 0.3) is 10.9 Å². The van der Waals surface area contributed by atoms with Gasteiger partial charge in [0.15, 0.2) is 5.60 Å². The molecule has 1 aromatic heterocycles. The van der Waals surface area contributed by atoms with Crippen LogP contribution in [0.4, 0.5) is 4.39 Å². The summed E-state index contributed by atoms with van der Waals surface area (Å²) in [6.07, 6.45) is 3.48. The molecule has 2 aliphatic rings. The van der Waals surface area contributed by atoms with Gasteiger partial charge in [0.2, 0.25) is 0 Å². The van der Waals surface area contributed by atoms with E-state index in [9.17, 15) is 4.39 Å². The number of nitrogens with zero attached hydrogens (tertiary/aromatic N) is 2. The van der Waals surface area contributed by atoms with Gasteiger partial charge >= 0.3 is 0 Å². The summed E-state index contributed by atoms with van der Waals surface area (Å²) >= 11 is 0. The highest BCUT2D eigenvalue weighted by molar-refractivity contribution is 6.02. The van der Waals surface area contributed by atoms with Gasteiger partial charge in [0.05, 0.1) is 18.3 Å². The van der Waals surface area contributed by atoms with Gasteiger partial charge in [-0.05, 0) is 73.4 Å². The molecule has 0 radical (unpaired) electrons. The Hall–Kier alpha value is -2.95. The maximum Gasteiger partial charge on any atom is 0.170 e. The molecule has 1 aliphatic carbocycles. The Morgan fingerprint density at radius 3 is 2.78 bits per heavy atom. The van der Waals surface area contributed by atoms with Crippen LogP contribution < -0.4 is 4.74 Å². The lowest BCUT2D eigenvalue weighted by atomic mass is 9.77. The minimum atomic E-state index is -0.504. The third-order valence-electron chi connectivity index (χ3n) is 5.55. The molecule has 0 saturated heterocycles. The second kappa shape index (κ2) is 6.05. The molecule has 0 fully saturated rings. The summed E-state index contributed by atoms with van der Waals surface area (Å²) in [4.78, 5) is 10.8. The summed E-state index contributed by atoms with van der Waals surface area (Å²) < 4.78 is 18.9. The molecule has 0 bridgehead atoms. The first-order valence-corrected chi connectivity index (χ1v) is 9.16. The van der Waals surface area contributed by atoms with Gasteiger partial charge < -0.3 is 9.57 Å². The van der Waals surface area contributed by atoms with Gasteiger partial charge in [-0.1, -0.05) is 5.16 Å². The minimum absolute atomic E-state index is 0.253. The van der Waals surface area contributed by atoms with Gasteiger partial charge in [-0.15, -0.1) is 0 Å². The average molecular weight is 362 g/mol. The summed E-state index contributed by atoms with van der Waals surface area (Å²) in [6, 6.07) is 14.6. The number of hydrogen-bond acceptors (Lipinski definition) is 4. The quantitative estimate of drug-likeness (QED) is 0.661. The SMILES string of the molecule is COc1ccc(C2=NO[C@@]3(CCCc4nc5ccc(F)cc5cc43)C2)cc1. The highest BCUT2D eigenvalue weighted by Crippen LogP contribution is 2.45. The Bertz CT molecular complexity index is 1060. The molecule has 0 N–H and O–H groups in total. The van der Waals surface area contributed by atoms with E-state index in [1.165, 1.54) is 12.1 Å². The van der Waals surface area contributed by atoms with Gasteiger partial charge in [0, 0.05) is 23.1 Å². The van der Waals surface area contributed by atoms with Crippen molar-refractivity contribution >= 4 is 16.6 Å². The first kappa shape index (κ1) is 16.2. The second-order valence-electron chi connectivity index (χ2n) is 7.20. The van der Waals surface area contributed by atoms with Crippen molar-refractivity contribution < 1.29 is 14.0 Å². The summed E-state index contributed by atoms with van der Waals surface area (Å²) in [6.45, 7) is 0. The number of aryl methyl sites for hydroxylation is 1. The number of rotatable bonds is 2. The zero-order valence-corrected chi connectivity index (χ0v) is 15.0. The molecule has 4 nitrogen and oxygen atoms in total. The molecule has 0 saturated carbocycles. The van der Waals surface area contributed by atoms with Crippen LogP contribution in [0.3, 0.4) is 0 Å². The lowest BCUT2D eigenvalue weighted by Crippen LogP contribution is -2.31. The van der Waals surface area contributed by atoms with Crippen molar-refractivity contribution in [3.63, 3.8) is 0 Å². The molecule has 1 atom stereocenters. The Balaban J connectivity index is 1.53. The number of hydrogen-bond donors (Lipinski definition) is 0. The van der Waals surface area contributed by atoms with E-state index in [4.69, 9.17) is 14.6 Å². The highest BCUT2D eigenvalue weighted by atomic mass is 19.1. The summed E-state index contributed by atoms with van der Waals surface area (Å²) in [7, 11) is 1.65. The van der Waals surface area contributed by atoms with Crippen LogP contribution >= 0.6 is 0 Å². The Labute approximate surface area is 156 Å². The maximum absolute atomic E-state index is 13.7. The highest BCUT2D eigenvalue weighted by Gasteiger charge is 2.45. The molecule has 0 amide bonds. The number of benzene rings is 2. The Morgan fingerprint density at radius 2 is 1.96 bits per heavy atom. The van der Waals surface area contributed by atoms with Gasteiger partial charge in [0.25, 0.3) is 0 Å². The van der Waals surface area contributed by atoms with Crippen LogP contribution in [0, 0.1) is 5.82 Å². The first-order valence-electron chi connectivity index (χ1n) is 9.16. The van der Waals surface area contributed by atoms with Crippen LogP contribution in [0.2, 0.25) is 0 Å². The average Bonchev–Trinajstić information content (AvgIpc) is 3.12. The van der Waals surface area contributed by atoms with E-state index < -0.39 is 5.60 Å². The zero-order valence-electron chi connectivity index (χ0n) is 15.0. The fourth-order valence-corrected chi connectivity index (χ4v) is 4.14. The van der Waals surface area contributed by atoms with Crippen molar-refractivity contribution in [2.45, 2.75) is 31.3 Å². The van der Waals surface area contributed by atoms with Gasteiger partial charge in [-0.2, -0.15) is 0 Å². The lowest BCUT2D eigenvalue weighted by Gasteiger charge is -2.32. The molecule has 5 rings (SSSR count). The molecule has 2 heterocycles. The molecule has 1 aliphatic heterocycles. The fourth-order valence-electron chi connectivity index (χ4n) is 4.14. The normalized spacial score (nSPS) is 21.0. The number of oxime groups is 1. The van der Waals surface area contributed by atoms with E-state index in [0.717, 1.165) is 58.4 Å². The topological polar surface area (TPSA) is 43.7 Å². The first-order chi connectivity index (χ1) is 13.2. The molecular weight excluding hydrogens is 343 g/mol. The third-order valence-corrected chi connectivity index (χ3v) is 5.55. The smallest absolute Gasteiger partial charge is 0.170 e. The van der Waals surface area contributed by atoms with Crippen LogP contribution in [0.15, 0.2) is 53.7 Å². The predicted molar refractivity (Wildman–Crippen MR) is 102 cm³/mol. The monoisotopic (exact) mass is 362 g/mol. The molecular formula is C22H19FN2O2. The number of halogens is 1. The number of aromatic nitrogens is 1. The molecule has 0 unspecified atom stereocenters. The lowest BCUT2D eigenvalue weighted by molar-refractivity contribution is -0.0366. The van der Waals surface area contributed by atoms with Crippen molar-refractivity contribution in [3.05, 3.63) is 71.2 Å². The largest absolute Gasteiger partial charge is 0.497 e. The van der Waals surface area contributed by atoms with Crippen molar-refractivity contribution in [1.29, 1.82) is 0 Å².